The summed E-state index contributed by atoms with van der Waals surface area (Å²) in [5, 5.41) is 9.46. The van der Waals surface area contributed by atoms with Crippen molar-refractivity contribution in [2.75, 3.05) is 5.32 Å². The lowest BCUT2D eigenvalue weighted by molar-refractivity contribution is 0.0950. The van der Waals surface area contributed by atoms with Crippen LogP contribution >= 0.6 is 0 Å². The van der Waals surface area contributed by atoms with Gasteiger partial charge in [-0.2, -0.15) is 0 Å². The Kier molecular flexibility index (Phi) is 4.23. The Hall–Kier alpha value is -3.29. The van der Waals surface area contributed by atoms with Crippen LogP contribution in [-0.2, 0) is 6.54 Å². The molecule has 23 heavy (non-hydrogen) atoms. The Morgan fingerprint density at radius 3 is 2.61 bits per heavy atom. The molecule has 0 spiro atoms. The fourth-order valence-electron chi connectivity index (χ4n) is 1.83. The average Bonchev–Trinajstić information content (AvgIpc) is 2.99. The minimum absolute atomic E-state index is 0.245. The lowest BCUT2D eigenvalue weighted by atomic mass is 10.2. The molecule has 0 radical (unpaired) electrons. The number of nitrogens with one attached hydrogen (secondary N) is 2. The van der Waals surface area contributed by atoms with Gasteiger partial charge in [-0.15, -0.1) is 0 Å². The van der Waals surface area contributed by atoms with E-state index in [0.717, 1.165) is 5.56 Å². The highest BCUT2D eigenvalue weighted by atomic mass is 16.5. The summed E-state index contributed by atoms with van der Waals surface area (Å²) in [6.07, 6.45) is 6.25. The maximum absolute atomic E-state index is 12.0. The van der Waals surface area contributed by atoms with E-state index in [1.54, 1.807) is 25.4 Å². The Bertz CT molecular complexity index is 785. The summed E-state index contributed by atoms with van der Waals surface area (Å²) in [4.78, 5) is 24.1. The van der Waals surface area contributed by atoms with E-state index in [4.69, 9.17) is 4.52 Å². The zero-order chi connectivity index (χ0) is 16.1. The normalized spacial score (nSPS) is 10.3. The Balaban J connectivity index is 1.59. The molecule has 8 heteroatoms. The van der Waals surface area contributed by atoms with Crippen LogP contribution in [0.25, 0.3) is 0 Å². The lowest BCUT2D eigenvalue weighted by Crippen LogP contribution is -2.23. The predicted molar refractivity (Wildman–Crippen MR) is 82.0 cm³/mol. The van der Waals surface area contributed by atoms with Crippen LogP contribution in [0.1, 0.15) is 21.7 Å². The van der Waals surface area contributed by atoms with Crippen molar-refractivity contribution in [3.63, 3.8) is 0 Å². The van der Waals surface area contributed by atoms with E-state index in [2.05, 4.69) is 30.7 Å². The van der Waals surface area contributed by atoms with Crippen molar-refractivity contribution in [2.24, 2.45) is 0 Å². The highest BCUT2D eigenvalue weighted by molar-refractivity contribution is 5.93. The van der Waals surface area contributed by atoms with Crippen LogP contribution in [0.3, 0.4) is 0 Å². The summed E-state index contributed by atoms with van der Waals surface area (Å²) in [7, 11) is 0. The second-order valence-corrected chi connectivity index (χ2v) is 4.78. The largest absolute Gasteiger partial charge is 0.360 e. The molecule has 0 fully saturated rings. The standard InChI is InChI=1S/C15H14N6O2/c1-10-6-13(21-23-10)20-15-18-8-12(9-19-15)14(22)17-7-11-2-4-16-5-3-11/h2-6,8-9H,7H2,1H3,(H,17,22)(H,18,19,20,21). The smallest absolute Gasteiger partial charge is 0.254 e. The molecule has 0 unspecified atom stereocenters. The number of nitrogens with zero attached hydrogens (tertiary/aromatic N) is 4. The second-order valence-electron chi connectivity index (χ2n) is 4.78. The van der Waals surface area contributed by atoms with E-state index in [1.165, 1.54) is 12.4 Å². The SMILES string of the molecule is Cc1cc(Nc2ncc(C(=O)NCc3ccncc3)cn2)no1. The van der Waals surface area contributed by atoms with E-state index < -0.39 is 0 Å². The minimum atomic E-state index is -0.245. The second kappa shape index (κ2) is 6.65. The third-order valence-electron chi connectivity index (χ3n) is 2.98. The van der Waals surface area contributed by atoms with Crippen LogP contribution in [0, 0.1) is 6.92 Å². The molecule has 0 saturated heterocycles. The maximum atomic E-state index is 12.0. The van der Waals surface area contributed by atoms with Gasteiger partial charge in [0.05, 0.1) is 5.56 Å². The number of carbonyl (C=O) groups is 1. The van der Waals surface area contributed by atoms with Crippen molar-refractivity contribution >= 4 is 17.7 Å². The summed E-state index contributed by atoms with van der Waals surface area (Å²) in [6.45, 7) is 2.20. The van der Waals surface area contributed by atoms with E-state index >= 15 is 0 Å². The average molecular weight is 310 g/mol. The van der Waals surface area contributed by atoms with Crippen molar-refractivity contribution in [3.8, 4) is 0 Å². The number of aromatic nitrogens is 4. The van der Waals surface area contributed by atoms with E-state index in [-0.39, 0.29) is 5.91 Å². The summed E-state index contributed by atoms with van der Waals surface area (Å²) in [6, 6.07) is 5.39. The van der Waals surface area contributed by atoms with E-state index in [1.807, 2.05) is 12.1 Å². The molecule has 0 bridgehead atoms. The number of hydrogen-bond acceptors (Lipinski definition) is 7. The van der Waals surface area contributed by atoms with Crippen molar-refractivity contribution in [2.45, 2.75) is 13.5 Å². The Morgan fingerprint density at radius 2 is 1.96 bits per heavy atom. The number of amides is 1. The number of aryl methyl sites for hydroxylation is 1. The van der Waals surface area contributed by atoms with Gasteiger partial charge in [-0.05, 0) is 24.6 Å². The molecule has 0 aliphatic heterocycles. The molecule has 2 N–H and O–H groups in total. The highest BCUT2D eigenvalue weighted by Crippen LogP contribution is 2.12. The van der Waals surface area contributed by atoms with Gasteiger partial charge in [-0.1, -0.05) is 5.16 Å². The monoisotopic (exact) mass is 310 g/mol. The molecule has 1 amide bonds. The number of carbonyl (C=O) groups excluding carboxylic acids is 1. The van der Waals surface area contributed by atoms with Crippen molar-refractivity contribution in [3.05, 3.63) is 59.9 Å². The Labute approximate surface area is 132 Å². The highest BCUT2D eigenvalue weighted by Gasteiger charge is 2.08. The molecule has 0 atom stereocenters. The van der Waals surface area contributed by atoms with Crippen LogP contribution in [0.2, 0.25) is 0 Å². The Morgan fingerprint density at radius 1 is 1.22 bits per heavy atom. The number of pyridine rings is 1. The first-order valence-electron chi connectivity index (χ1n) is 6.90. The van der Waals surface area contributed by atoms with Crippen molar-refractivity contribution in [1.29, 1.82) is 0 Å². The fraction of sp³-hybridized carbons (Fsp3) is 0.133. The lowest BCUT2D eigenvalue weighted by Gasteiger charge is -2.05. The first-order valence-corrected chi connectivity index (χ1v) is 6.90. The molecule has 3 aromatic rings. The van der Waals surface area contributed by atoms with Crippen LogP contribution in [0.4, 0.5) is 11.8 Å². The third kappa shape index (κ3) is 3.88. The van der Waals surface area contributed by atoms with Crippen LogP contribution < -0.4 is 10.6 Å². The molecule has 0 aromatic carbocycles. The van der Waals surface area contributed by atoms with E-state index in [0.29, 0.717) is 29.6 Å². The van der Waals surface area contributed by atoms with Crippen LogP contribution in [0.5, 0.6) is 0 Å². The number of hydrogen-bond donors (Lipinski definition) is 2. The predicted octanol–water partition coefficient (Wildman–Crippen LogP) is 1.84. The van der Waals surface area contributed by atoms with Crippen molar-refractivity contribution < 1.29 is 9.32 Å². The number of anilines is 2. The summed E-state index contributed by atoms with van der Waals surface area (Å²) in [5.41, 5.74) is 1.34. The van der Waals surface area contributed by atoms with Gasteiger partial charge in [0.25, 0.3) is 5.91 Å². The molecular weight excluding hydrogens is 296 g/mol. The molecular formula is C15H14N6O2. The van der Waals surface area contributed by atoms with Gasteiger partial charge in [0, 0.05) is 37.4 Å². The molecule has 116 valence electrons. The van der Waals surface area contributed by atoms with Crippen LogP contribution in [-0.4, -0.2) is 26.0 Å². The molecule has 0 saturated carbocycles. The van der Waals surface area contributed by atoms with Gasteiger partial charge in [-0.3, -0.25) is 9.78 Å². The zero-order valence-electron chi connectivity index (χ0n) is 12.4. The maximum Gasteiger partial charge on any atom is 0.254 e. The van der Waals surface area contributed by atoms with E-state index in [9.17, 15) is 4.79 Å². The summed E-state index contributed by atoms with van der Waals surface area (Å²) >= 11 is 0. The van der Waals surface area contributed by atoms with Gasteiger partial charge < -0.3 is 15.2 Å². The van der Waals surface area contributed by atoms with Crippen LogP contribution in [0.15, 0.2) is 47.5 Å². The van der Waals surface area contributed by atoms with Gasteiger partial charge >= 0.3 is 0 Å². The molecule has 3 rings (SSSR count). The summed E-state index contributed by atoms with van der Waals surface area (Å²) in [5.74, 6) is 1.28. The minimum Gasteiger partial charge on any atom is -0.360 e. The number of rotatable bonds is 5. The third-order valence-corrected chi connectivity index (χ3v) is 2.98. The van der Waals surface area contributed by atoms with Gasteiger partial charge in [0.2, 0.25) is 5.95 Å². The van der Waals surface area contributed by atoms with Gasteiger partial charge in [0.1, 0.15) is 5.76 Å². The quantitative estimate of drug-likeness (QED) is 0.740. The van der Waals surface area contributed by atoms with Gasteiger partial charge in [0.15, 0.2) is 5.82 Å². The topological polar surface area (TPSA) is 106 Å². The summed E-state index contributed by atoms with van der Waals surface area (Å²) < 4.78 is 4.94. The van der Waals surface area contributed by atoms with Gasteiger partial charge in [-0.25, -0.2) is 9.97 Å². The molecule has 8 nitrogen and oxygen atoms in total. The first-order chi connectivity index (χ1) is 11.2. The molecule has 0 aliphatic rings. The molecule has 3 aromatic heterocycles. The molecule has 0 aliphatic carbocycles. The van der Waals surface area contributed by atoms with Crippen molar-refractivity contribution in [1.82, 2.24) is 25.4 Å². The fourth-order valence-corrected chi connectivity index (χ4v) is 1.83. The first kappa shape index (κ1) is 14.6. The molecule has 3 heterocycles. The zero-order valence-corrected chi connectivity index (χ0v) is 12.4.